The number of thiophene rings is 1. The molecule has 1 atom stereocenters. The first-order chi connectivity index (χ1) is 12.3. The number of nitrogens with two attached hydrogens (primary N) is 1. The molecular formula is C18H19N3O4S. The van der Waals surface area contributed by atoms with Crippen molar-refractivity contribution in [3.8, 4) is 0 Å². The molecule has 0 saturated carbocycles. The highest BCUT2D eigenvalue weighted by Gasteiger charge is 2.27. The Balaban J connectivity index is 1.91. The van der Waals surface area contributed by atoms with E-state index in [9.17, 15) is 19.7 Å². The Morgan fingerprint density at radius 3 is 2.73 bits per heavy atom. The second-order valence-electron chi connectivity index (χ2n) is 6.63. The molecule has 0 saturated heterocycles. The van der Waals surface area contributed by atoms with Crippen molar-refractivity contribution in [1.82, 2.24) is 0 Å². The summed E-state index contributed by atoms with van der Waals surface area (Å²) in [5.74, 6) is -0.438. The molecule has 3 rings (SSSR count). The molecule has 0 radical (unpaired) electrons. The second-order valence-corrected chi connectivity index (χ2v) is 7.74. The zero-order valence-electron chi connectivity index (χ0n) is 14.5. The lowest BCUT2D eigenvalue weighted by atomic mass is 9.88. The van der Waals surface area contributed by atoms with Crippen LogP contribution < -0.4 is 11.1 Å². The minimum Gasteiger partial charge on any atom is -0.365 e. The average molecular weight is 373 g/mol. The van der Waals surface area contributed by atoms with E-state index < -0.39 is 16.7 Å². The molecule has 0 fully saturated rings. The van der Waals surface area contributed by atoms with Crippen LogP contribution in [-0.4, -0.2) is 16.7 Å². The summed E-state index contributed by atoms with van der Waals surface area (Å²) in [4.78, 5) is 36.0. The van der Waals surface area contributed by atoms with Crippen LogP contribution in [0.3, 0.4) is 0 Å². The summed E-state index contributed by atoms with van der Waals surface area (Å²) in [6.45, 7) is 3.74. The standard InChI is InChI=1S/C18H19N3O4S/c1-9-3-5-12-14(7-9)26-18(15(12)16(19)22)20-17(23)11-4-6-13(21(24)25)10(2)8-11/h4,6,8-9H,3,5,7H2,1-2H3,(H2,19,22)(H,20,23)/t9-/m0/s1. The lowest BCUT2D eigenvalue weighted by Crippen LogP contribution is -2.19. The molecule has 0 aliphatic heterocycles. The van der Waals surface area contributed by atoms with Gasteiger partial charge in [-0.1, -0.05) is 6.92 Å². The summed E-state index contributed by atoms with van der Waals surface area (Å²) in [7, 11) is 0. The predicted octanol–water partition coefficient (Wildman–Crippen LogP) is 3.44. The molecule has 7 nitrogen and oxygen atoms in total. The Morgan fingerprint density at radius 2 is 2.12 bits per heavy atom. The van der Waals surface area contributed by atoms with Gasteiger partial charge in [0.25, 0.3) is 17.5 Å². The van der Waals surface area contributed by atoms with Crippen molar-refractivity contribution >= 4 is 33.8 Å². The van der Waals surface area contributed by atoms with Crippen LogP contribution >= 0.6 is 11.3 Å². The maximum absolute atomic E-state index is 12.6. The van der Waals surface area contributed by atoms with Gasteiger partial charge in [0.15, 0.2) is 0 Å². The third kappa shape index (κ3) is 3.32. The molecule has 1 aromatic heterocycles. The van der Waals surface area contributed by atoms with Gasteiger partial charge in [0.2, 0.25) is 0 Å². The number of hydrogen-bond donors (Lipinski definition) is 2. The predicted molar refractivity (Wildman–Crippen MR) is 99.8 cm³/mol. The topological polar surface area (TPSA) is 115 Å². The number of aryl methyl sites for hydroxylation is 1. The number of carbonyl (C=O) groups is 2. The van der Waals surface area contributed by atoms with Gasteiger partial charge in [-0.25, -0.2) is 0 Å². The van der Waals surface area contributed by atoms with E-state index in [0.29, 0.717) is 27.6 Å². The number of amides is 2. The highest BCUT2D eigenvalue weighted by atomic mass is 32.1. The lowest BCUT2D eigenvalue weighted by Gasteiger charge is -2.18. The molecule has 1 aromatic carbocycles. The zero-order valence-corrected chi connectivity index (χ0v) is 15.3. The van der Waals surface area contributed by atoms with Crippen molar-refractivity contribution < 1.29 is 14.5 Å². The first kappa shape index (κ1) is 18.1. The SMILES string of the molecule is Cc1cc(C(=O)Nc2sc3c(c2C(N)=O)CC[C@H](C)C3)ccc1[N+](=O)[O-]. The largest absolute Gasteiger partial charge is 0.365 e. The number of carbonyl (C=O) groups excluding carboxylic acids is 2. The van der Waals surface area contributed by atoms with Gasteiger partial charge in [-0.3, -0.25) is 19.7 Å². The molecule has 0 bridgehead atoms. The summed E-state index contributed by atoms with van der Waals surface area (Å²) >= 11 is 1.39. The highest BCUT2D eigenvalue weighted by Crippen LogP contribution is 2.39. The van der Waals surface area contributed by atoms with Gasteiger partial charge in [-0.15, -0.1) is 11.3 Å². The summed E-state index contributed by atoms with van der Waals surface area (Å²) < 4.78 is 0. The maximum Gasteiger partial charge on any atom is 0.272 e. The number of nitrogens with zero attached hydrogens (tertiary/aromatic N) is 1. The average Bonchev–Trinajstić information content (AvgIpc) is 2.91. The Hall–Kier alpha value is -2.74. The first-order valence-corrected chi connectivity index (χ1v) is 9.10. The van der Waals surface area contributed by atoms with Crippen LogP contribution in [0.25, 0.3) is 0 Å². The van der Waals surface area contributed by atoms with E-state index in [4.69, 9.17) is 5.73 Å². The number of nitro benzene ring substituents is 1. The Kier molecular flexibility index (Phi) is 4.78. The van der Waals surface area contributed by atoms with Gasteiger partial charge >= 0.3 is 0 Å². The van der Waals surface area contributed by atoms with Crippen LogP contribution in [0.4, 0.5) is 10.7 Å². The van der Waals surface area contributed by atoms with Crippen molar-refractivity contribution in [3.63, 3.8) is 0 Å². The van der Waals surface area contributed by atoms with Crippen molar-refractivity contribution in [1.29, 1.82) is 0 Å². The highest BCUT2D eigenvalue weighted by molar-refractivity contribution is 7.17. The summed E-state index contributed by atoms with van der Waals surface area (Å²) in [6.07, 6.45) is 2.63. The molecule has 3 N–H and O–H groups in total. The maximum atomic E-state index is 12.6. The molecule has 1 heterocycles. The van der Waals surface area contributed by atoms with Crippen LogP contribution in [0.1, 0.15) is 50.1 Å². The van der Waals surface area contributed by atoms with E-state index in [1.807, 2.05) is 0 Å². The zero-order chi connectivity index (χ0) is 19.0. The van der Waals surface area contributed by atoms with Crippen LogP contribution in [0.2, 0.25) is 0 Å². The third-order valence-electron chi connectivity index (χ3n) is 4.64. The van der Waals surface area contributed by atoms with E-state index in [1.54, 1.807) is 6.92 Å². The van der Waals surface area contributed by atoms with Gasteiger partial charge in [0.05, 0.1) is 10.5 Å². The van der Waals surface area contributed by atoms with Crippen molar-refractivity contribution in [2.75, 3.05) is 5.32 Å². The third-order valence-corrected chi connectivity index (χ3v) is 5.81. The van der Waals surface area contributed by atoms with E-state index in [2.05, 4.69) is 12.2 Å². The number of nitrogens with one attached hydrogen (secondary N) is 1. The molecule has 1 aliphatic rings. The second kappa shape index (κ2) is 6.87. The van der Waals surface area contributed by atoms with Crippen LogP contribution in [0.5, 0.6) is 0 Å². The Bertz CT molecular complexity index is 919. The van der Waals surface area contributed by atoms with Gasteiger partial charge in [-0.05, 0) is 49.8 Å². The molecule has 2 aromatic rings. The van der Waals surface area contributed by atoms with Crippen molar-refractivity contribution in [2.45, 2.75) is 33.1 Å². The van der Waals surface area contributed by atoms with Crippen LogP contribution in [0, 0.1) is 23.0 Å². The number of primary amides is 1. The van der Waals surface area contributed by atoms with Crippen LogP contribution in [0.15, 0.2) is 18.2 Å². The Labute approximate surface area is 154 Å². The fraction of sp³-hybridized carbons (Fsp3) is 0.333. The molecule has 2 amide bonds. The molecule has 0 spiro atoms. The number of rotatable bonds is 4. The Morgan fingerprint density at radius 1 is 1.38 bits per heavy atom. The van der Waals surface area contributed by atoms with Gasteiger partial charge in [0, 0.05) is 22.1 Å². The fourth-order valence-corrected chi connectivity index (χ4v) is 4.69. The van der Waals surface area contributed by atoms with E-state index in [1.165, 1.54) is 29.5 Å². The summed E-state index contributed by atoms with van der Waals surface area (Å²) in [6, 6.07) is 4.17. The quantitative estimate of drug-likeness (QED) is 0.631. The number of nitro groups is 1. The first-order valence-electron chi connectivity index (χ1n) is 8.28. The van der Waals surface area contributed by atoms with Gasteiger partial charge in [0.1, 0.15) is 5.00 Å². The molecule has 26 heavy (non-hydrogen) atoms. The normalized spacial score (nSPS) is 16.0. The van der Waals surface area contributed by atoms with E-state index in [-0.39, 0.29) is 5.69 Å². The molecule has 8 heteroatoms. The number of benzene rings is 1. The minimum absolute atomic E-state index is 0.0417. The van der Waals surface area contributed by atoms with Gasteiger partial charge < -0.3 is 11.1 Å². The van der Waals surface area contributed by atoms with Gasteiger partial charge in [-0.2, -0.15) is 0 Å². The fourth-order valence-electron chi connectivity index (χ4n) is 3.28. The summed E-state index contributed by atoms with van der Waals surface area (Å²) in [5, 5.41) is 14.1. The lowest BCUT2D eigenvalue weighted by molar-refractivity contribution is -0.385. The summed E-state index contributed by atoms with van der Waals surface area (Å²) in [5.41, 5.74) is 7.54. The molecule has 1 aliphatic carbocycles. The minimum atomic E-state index is -0.549. The number of anilines is 1. The number of hydrogen-bond acceptors (Lipinski definition) is 5. The van der Waals surface area contributed by atoms with E-state index in [0.717, 1.165) is 29.7 Å². The smallest absolute Gasteiger partial charge is 0.272 e. The monoisotopic (exact) mass is 373 g/mol. The molecular weight excluding hydrogens is 354 g/mol. The molecule has 0 unspecified atom stereocenters. The van der Waals surface area contributed by atoms with Crippen molar-refractivity contribution in [2.24, 2.45) is 11.7 Å². The molecule has 136 valence electrons. The van der Waals surface area contributed by atoms with Crippen LogP contribution in [-0.2, 0) is 12.8 Å². The van der Waals surface area contributed by atoms with E-state index >= 15 is 0 Å². The van der Waals surface area contributed by atoms with Crippen molar-refractivity contribution in [3.05, 3.63) is 55.4 Å². The number of fused-ring (bicyclic) bond motifs is 1.